The highest BCUT2D eigenvalue weighted by Gasteiger charge is 2.27. The number of aryl methyl sites for hydroxylation is 1. The summed E-state index contributed by atoms with van der Waals surface area (Å²) in [5.41, 5.74) is 0.968. The molecule has 1 atom stereocenters. The van der Waals surface area contributed by atoms with Gasteiger partial charge in [-0.1, -0.05) is 31.5 Å². The summed E-state index contributed by atoms with van der Waals surface area (Å²) >= 11 is 5.98. The van der Waals surface area contributed by atoms with Crippen LogP contribution < -0.4 is 9.64 Å². The van der Waals surface area contributed by atoms with E-state index in [2.05, 4.69) is 23.7 Å². The van der Waals surface area contributed by atoms with Crippen LogP contribution in [-0.4, -0.2) is 53.1 Å². The quantitative estimate of drug-likeness (QED) is 0.763. The first-order chi connectivity index (χ1) is 13.3. The van der Waals surface area contributed by atoms with Gasteiger partial charge in [0.25, 0.3) is 5.91 Å². The lowest BCUT2D eigenvalue weighted by atomic mass is 10.2. The van der Waals surface area contributed by atoms with Crippen LogP contribution in [0.4, 0.5) is 5.82 Å². The molecular weight excluding hydrogens is 376 g/mol. The van der Waals surface area contributed by atoms with Crippen LogP contribution in [0.3, 0.4) is 0 Å². The minimum atomic E-state index is -0.557. The Morgan fingerprint density at radius 1 is 1.11 bits per heavy atom. The minimum absolute atomic E-state index is 0.0126. The highest BCUT2D eigenvalue weighted by molar-refractivity contribution is 6.30. The molecule has 150 valence electrons. The summed E-state index contributed by atoms with van der Waals surface area (Å²) in [7, 11) is 0. The first kappa shape index (κ1) is 20.4. The van der Waals surface area contributed by atoms with Crippen molar-refractivity contribution in [3.05, 3.63) is 46.9 Å². The molecule has 0 radical (unpaired) electrons. The van der Waals surface area contributed by atoms with Gasteiger partial charge in [-0.15, -0.1) is 0 Å². The standard InChI is InChI=1S/C21H27ClN4O2/c1-14(2)20-23-15(3)12-19(24-20)25-8-10-26(11-9-25)21(27)16(4)28-18-7-5-6-17(22)13-18/h5-7,12-14,16H,8-11H2,1-4H3. The summed E-state index contributed by atoms with van der Waals surface area (Å²) in [5.74, 6) is 2.67. The SMILES string of the molecule is Cc1cc(N2CCN(C(=O)C(C)Oc3cccc(Cl)c3)CC2)nc(C(C)C)n1. The molecular formula is C21H27ClN4O2. The van der Waals surface area contributed by atoms with E-state index in [1.807, 2.05) is 24.0 Å². The zero-order valence-corrected chi connectivity index (χ0v) is 17.6. The average Bonchev–Trinajstić information content (AvgIpc) is 2.67. The molecule has 0 N–H and O–H groups in total. The van der Waals surface area contributed by atoms with Crippen molar-refractivity contribution in [1.29, 1.82) is 0 Å². The lowest BCUT2D eigenvalue weighted by molar-refractivity contribution is -0.138. The summed E-state index contributed by atoms with van der Waals surface area (Å²) in [6.45, 7) is 10.7. The van der Waals surface area contributed by atoms with E-state index in [9.17, 15) is 4.79 Å². The number of aromatic nitrogens is 2. The molecule has 7 heteroatoms. The van der Waals surface area contributed by atoms with Crippen molar-refractivity contribution in [3.8, 4) is 5.75 Å². The monoisotopic (exact) mass is 402 g/mol. The van der Waals surface area contributed by atoms with Gasteiger partial charge in [0.2, 0.25) is 0 Å². The van der Waals surface area contributed by atoms with Crippen LogP contribution in [-0.2, 0) is 4.79 Å². The van der Waals surface area contributed by atoms with Gasteiger partial charge in [0.05, 0.1) is 0 Å². The summed E-state index contributed by atoms with van der Waals surface area (Å²) in [6, 6.07) is 9.11. The van der Waals surface area contributed by atoms with Gasteiger partial charge in [-0.25, -0.2) is 9.97 Å². The van der Waals surface area contributed by atoms with Gasteiger partial charge < -0.3 is 14.5 Å². The van der Waals surface area contributed by atoms with Crippen LogP contribution in [0.2, 0.25) is 5.02 Å². The van der Waals surface area contributed by atoms with Gasteiger partial charge in [-0.3, -0.25) is 4.79 Å². The van der Waals surface area contributed by atoms with Crippen LogP contribution >= 0.6 is 11.6 Å². The number of hydrogen-bond acceptors (Lipinski definition) is 5. The zero-order chi connectivity index (χ0) is 20.3. The smallest absolute Gasteiger partial charge is 0.263 e. The number of nitrogens with zero attached hydrogens (tertiary/aromatic N) is 4. The van der Waals surface area contributed by atoms with E-state index in [0.29, 0.717) is 23.9 Å². The Morgan fingerprint density at radius 3 is 2.46 bits per heavy atom. The summed E-state index contributed by atoms with van der Waals surface area (Å²) in [5, 5.41) is 0.590. The van der Waals surface area contributed by atoms with Crippen LogP contribution in [0.1, 0.15) is 38.2 Å². The van der Waals surface area contributed by atoms with Crippen molar-refractivity contribution in [2.75, 3.05) is 31.1 Å². The summed E-state index contributed by atoms with van der Waals surface area (Å²) in [6.07, 6.45) is -0.557. The number of amides is 1. The Kier molecular flexibility index (Phi) is 6.39. The molecule has 1 fully saturated rings. The lowest BCUT2D eigenvalue weighted by Crippen LogP contribution is -2.52. The largest absolute Gasteiger partial charge is 0.481 e. The molecule has 1 aliphatic heterocycles. The number of piperazine rings is 1. The summed E-state index contributed by atoms with van der Waals surface area (Å²) < 4.78 is 5.77. The van der Waals surface area contributed by atoms with Crippen LogP contribution in [0, 0.1) is 6.92 Å². The van der Waals surface area contributed by atoms with Gasteiger partial charge in [0, 0.05) is 48.9 Å². The van der Waals surface area contributed by atoms with E-state index in [0.717, 1.165) is 30.4 Å². The summed E-state index contributed by atoms with van der Waals surface area (Å²) in [4.78, 5) is 26.0. The third kappa shape index (κ3) is 4.93. The van der Waals surface area contributed by atoms with Gasteiger partial charge >= 0.3 is 0 Å². The second-order valence-corrected chi connectivity index (χ2v) is 7.85. The zero-order valence-electron chi connectivity index (χ0n) is 16.9. The van der Waals surface area contributed by atoms with Crippen LogP contribution in [0.15, 0.2) is 30.3 Å². The number of rotatable bonds is 5. The maximum atomic E-state index is 12.8. The molecule has 1 amide bonds. The second-order valence-electron chi connectivity index (χ2n) is 7.41. The molecule has 0 aliphatic carbocycles. The first-order valence-corrected chi connectivity index (χ1v) is 10.0. The van der Waals surface area contributed by atoms with Gasteiger partial charge in [-0.05, 0) is 32.0 Å². The van der Waals surface area contributed by atoms with Crippen LogP contribution in [0.25, 0.3) is 0 Å². The topological polar surface area (TPSA) is 58.6 Å². The molecule has 1 saturated heterocycles. The van der Waals surface area contributed by atoms with Crippen molar-refractivity contribution >= 4 is 23.3 Å². The predicted octanol–water partition coefficient (Wildman–Crippen LogP) is 3.68. The third-order valence-corrected chi connectivity index (χ3v) is 4.98. The Hall–Kier alpha value is -2.34. The normalized spacial score (nSPS) is 15.6. The van der Waals surface area contributed by atoms with Crippen molar-refractivity contribution in [1.82, 2.24) is 14.9 Å². The van der Waals surface area contributed by atoms with Crippen molar-refractivity contribution in [2.45, 2.75) is 39.7 Å². The van der Waals surface area contributed by atoms with E-state index in [1.54, 1.807) is 25.1 Å². The molecule has 3 rings (SSSR count). The molecule has 0 saturated carbocycles. The Labute approximate surface area is 171 Å². The van der Waals surface area contributed by atoms with E-state index < -0.39 is 6.10 Å². The molecule has 6 nitrogen and oxygen atoms in total. The predicted molar refractivity (Wildman–Crippen MR) is 111 cm³/mol. The number of anilines is 1. The maximum absolute atomic E-state index is 12.8. The maximum Gasteiger partial charge on any atom is 0.263 e. The fourth-order valence-electron chi connectivity index (χ4n) is 3.20. The van der Waals surface area contributed by atoms with E-state index in [4.69, 9.17) is 21.3 Å². The lowest BCUT2D eigenvalue weighted by Gasteiger charge is -2.36. The molecule has 1 aliphatic rings. The van der Waals surface area contributed by atoms with Gasteiger partial charge in [0.1, 0.15) is 17.4 Å². The molecule has 2 aromatic rings. The average molecular weight is 403 g/mol. The first-order valence-electron chi connectivity index (χ1n) is 9.65. The molecule has 1 aromatic heterocycles. The highest BCUT2D eigenvalue weighted by atomic mass is 35.5. The van der Waals surface area contributed by atoms with E-state index in [1.165, 1.54) is 0 Å². The third-order valence-electron chi connectivity index (χ3n) is 4.75. The number of benzene rings is 1. The minimum Gasteiger partial charge on any atom is -0.481 e. The molecule has 0 spiro atoms. The molecule has 0 bridgehead atoms. The Morgan fingerprint density at radius 2 is 1.82 bits per heavy atom. The molecule has 1 aromatic carbocycles. The molecule has 1 unspecified atom stereocenters. The van der Waals surface area contributed by atoms with Crippen molar-refractivity contribution in [3.63, 3.8) is 0 Å². The number of halogens is 1. The second kappa shape index (κ2) is 8.78. The van der Waals surface area contributed by atoms with Crippen molar-refractivity contribution < 1.29 is 9.53 Å². The highest BCUT2D eigenvalue weighted by Crippen LogP contribution is 2.21. The fraction of sp³-hybridized carbons (Fsp3) is 0.476. The number of carbonyl (C=O) groups is 1. The Bertz CT molecular complexity index is 835. The van der Waals surface area contributed by atoms with Crippen molar-refractivity contribution in [2.24, 2.45) is 0 Å². The van der Waals surface area contributed by atoms with Gasteiger partial charge in [-0.2, -0.15) is 0 Å². The number of hydrogen-bond donors (Lipinski definition) is 0. The Balaban J connectivity index is 1.59. The molecule has 28 heavy (non-hydrogen) atoms. The molecule has 2 heterocycles. The number of ether oxygens (including phenoxy) is 1. The van der Waals surface area contributed by atoms with E-state index in [-0.39, 0.29) is 11.8 Å². The van der Waals surface area contributed by atoms with E-state index >= 15 is 0 Å². The van der Waals surface area contributed by atoms with Crippen LogP contribution in [0.5, 0.6) is 5.75 Å². The van der Waals surface area contributed by atoms with Gasteiger partial charge in [0.15, 0.2) is 6.10 Å². The number of carbonyl (C=O) groups excluding carboxylic acids is 1. The fourth-order valence-corrected chi connectivity index (χ4v) is 3.38.